The number of pyridine rings is 1. The van der Waals surface area contributed by atoms with E-state index in [1.807, 2.05) is 0 Å². The van der Waals surface area contributed by atoms with E-state index in [1.165, 1.54) is 18.2 Å². The number of aromatic amines is 1. The predicted octanol–water partition coefficient (Wildman–Crippen LogP) is 3.26. The lowest BCUT2D eigenvalue weighted by atomic mass is 9.98. The third-order valence-electron chi connectivity index (χ3n) is 4.33. The van der Waals surface area contributed by atoms with Crippen molar-refractivity contribution in [1.29, 1.82) is 0 Å². The number of carbonyl (C=O) groups is 1. The number of amides is 1. The Labute approximate surface area is 173 Å². The highest BCUT2D eigenvalue weighted by Gasteiger charge is 2.20. The summed E-state index contributed by atoms with van der Waals surface area (Å²) >= 11 is 5.98. The monoisotopic (exact) mass is 430 g/mol. The minimum absolute atomic E-state index is 0.119. The number of aromatic nitrogens is 1. The molecule has 1 aromatic heterocycles. The number of aryl methyl sites for hydroxylation is 1. The van der Waals surface area contributed by atoms with E-state index in [9.17, 15) is 18.0 Å². The zero-order valence-electron chi connectivity index (χ0n) is 15.8. The van der Waals surface area contributed by atoms with Crippen LogP contribution in [0, 0.1) is 6.92 Å². The molecular formula is C21H19ClN2O4S. The van der Waals surface area contributed by atoms with Gasteiger partial charge in [0, 0.05) is 17.3 Å². The van der Waals surface area contributed by atoms with Crippen LogP contribution < -0.4 is 10.9 Å². The lowest BCUT2D eigenvalue weighted by molar-refractivity contribution is 0.0937. The fraction of sp³-hybridized carbons (Fsp3) is 0.143. The first-order chi connectivity index (χ1) is 13.6. The Hall–Kier alpha value is -2.90. The fourth-order valence-electron chi connectivity index (χ4n) is 2.95. The number of carbonyl (C=O) groups excluding carboxylic acids is 1. The standard InChI is InChI=1S/C21H19ClN2O4S/c1-13-10-18(23-19(25)11-13)21(26)24-20(14-6-8-16(22)9-7-14)15-4-3-5-17(12-15)29(2,27)28/h3-12,20H,1-2H3,(H,23,25)(H,24,26). The van der Waals surface area contributed by atoms with Gasteiger partial charge in [-0.1, -0.05) is 35.9 Å². The van der Waals surface area contributed by atoms with Gasteiger partial charge in [-0.3, -0.25) is 9.59 Å². The molecule has 3 aromatic rings. The van der Waals surface area contributed by atoms with E-state index in [4.69, 9.17) is 11.6 Å². The van der Waals surface area contributed by atoms with Gasteiger partial charge in [0.25, 0.3) is 5.91 Å². The molecule has 0 spiro atoms. The summed E-state index contributed by atoms with van der Waals surface area (Å²) < 4.78 is 23.9. The summed E-state index contributed by atoms with van der Waals surface area (Å²) in [5.41, 5.74) is 1.69. The van der Waals surface area contributed by atoms with Gasteiger partial charge in [-0.15, -0.1) is 0 Å². The summed E-state index contributed by atoms with van der Waals surface area (Å²) in [6.07, 6.45) is 1.12. The summed E-state index contributed by atoms with van der Waals surface area (Å²) in [5, 5.41) is 3.41. The molecule has 0 fully saturated rings. The summed E-state index contributed by atoms with van der Waals surface area (Å²) in [7, 11) is -3.42. The highest BCUT2D eigenvalue weighted by molar-refractivity contribution is 7.90. The van der Waals surface area contributed by atoms with Crippen molar-refractivity contribution >= 4 is 27.3 Å². The Morgan fingerprint density at radius 1 is 1.03 bits per heavy atom. The molecule has 6 nitrogen and oxygen atoms in total. The van der Waals surface area contributed by atoms with E-state index >= 15 is 0 Å². The second-order valence-electron chi connectivity index (χ2n) is 6.74. The minimum Gasteiger partial charge on any atom is -0.340 e. The van der Waals surface area contributed by atoms with Crippen LogP contribution in [0.1, 0.15) is 33.2 Å². The topological polar surface area (TPSA) is 96.1 Å². The first kappa shape index (κ1) is 20.8. The van der Waals surface area contributed by atoms with Crippen molar-refractivity contribution in [1.82, 2.24) is 10.3 Å². The zero-order chi connectivity index (χ0) is 21.2. The molecule has 0 aliphatic rings. The van der Waals surface area contributed by atoms with Crippen molar-refractivity contribution < 1.29 is 13.2 Å². The minimum atomic E-state index is -3.42. The van der Waals surface area contributed by atoms with Crippen molar-refractivity contribution in [2.75, 3.05) is 6.26 Å². The molecule has 1 amide bonds. The number of sulfone groups is 1. The van der Waals surface area contributed by atoms with Crippen molar-refractivity contribution in [3.63, 3.8) is 0 Å². The highest BCUT2D eigenvalue weighted by Crippen LogP contribution is 2.26. The molecule has 29 heavy (non-hydrogen) atoms. The molecule has 3 rings (SSSR count). The van der Waals surface area contributed by atoms with E-state index in [1.54, 1.807) is 49.4 Å². The summed E-state index contributed by atoms with van der Waals surface area (Å²) in [4.78, 5) is 27.2. The molecule has 0 bridgehead atoms. The second kappa shape index (κ2) is 8.23. The average Bonchev–Trinajstić information content (AvgIpc) is 2.65. The zero-order valence-corrected chi connectivity index (χ0v) is 17.3. The highest BCUT2D eigenvalue weighted by atomic mass is 35.5. The third-order valence-corrected chi connectivity index (χ3v) is 5.69. The Kier molecular flexibility index (Phi) is 5.91. The van der Waals surface area contributed by atoms with Crippen LogP contribution in [0.4, 0.5) is 0 Å². The van der Waals surface area contributed by atoms with Crippen LogP contribution in [0.3, 0.4) is 0 Å². The maximum atomic E-state index is 12.8. The van der Waals surface area contributed by atoms with Crippen LogP contribution in [0.15, 0.2) is 70.4 Å². The van der Waals surface area contributed by atoms with Crippen LogP contribution in [-0.4, -0.2) is 25.6 Å². The van der Waals surface area contributed by atoms with Gasteiger partial charge in [0.15, 0.2) is 9.84 Å². The summed E-state index contributed by atoms with van der Waals surface area (Å²) in [6.45, 7) is 1.72. The molecule has 0 aliphatic carbocycles. The van der Waals surface area contributed by atoms with Gasteiger partial charge < -0.3 is 10.3 Å². The number of halogens is 1. The smallest absolute Gasteiger partial charge is 0.268 e. The van der Waals surface area contributed by atoms with Gasteiger partial charge in [-0.05, 0) is 53.9 Å². The lowest BCUT2D eigenvalue weighted by Crippen LogP contribution is -2.31. The first-order valence-corrected chi connectivity index (χ1v) is 11.0. The van der Waals surface area contributed by atoms with Crippen molar-refractivity contribution in [2.24, 2.45) is 0 Å². The van der Waals surface area contributed by atoms with Gasteiger partial charge in [0.05, 0.1) is 10.9 Å². The predicted molar refractivity (Wildman–Crippen MR) is 112 cm³/mol. The number of hydrogen-bond donors (Lipinski definition) is 2. The number of hydrogen-bond acceptors (Lipinski definition) is 4. The number of nitrogens with one attached hydrogen (secondary N) is 2. The Bertz CT molecular complexity index is 1220. The molecule has 8 heteroatoms. The molecule has 0 radical (unpaired) electrons. The quantitative estimate of drug-likeness (QED) is 0.649. The first-order valence-electron chi connectivity index (χ1n) is 8.71. The van der Waals surface area contributed by atoms with Crippen LogP contribution in [0.25, 0.3) is 0 Å². The molecule has 0 saturated carbocycles. The summed E-state index contributed by atoms with van der Waals surface area (Å²) in [6, 6.07) is 15.6. The van der Waals surface area contributed by atoms with Crippen LogP contribution in [-0.2, 0) is 9.84 Å². The van der Waals surface area contributed by atoms with E-state index in [-0.39, 0.29) is 16.1 Å². The normalized spacial score (nSPS) is 12.4. The lowest BCUT2D eigenvalue weighted by Gasteiger charge is -2.20. The molecule has 2 aromatic carbocycles. The molecular weight excluding hydrogens is 412 g/mol. The van der Waals surface area contributed by atoms with Gasteiger partial charge in [-0.2, -0.15) is 0 Å². The summed E-state index contributed by atoms with van der Waals surface area (Å²) in [5.74, 6) is -0.490. The molecule has 1 unspecified atom stereocenters. The maximum Gasteiger partial charge on any atom is 0.268 e. The SMILES string of the molecule is Cc1cc(C(=O)NC(c2ccc(Cl)cc2)c2cccc(S(C)(=O)=O)c2)[nH]c(=O)c1. The molecule has 0 aliphatic heterocycles. The Balaban J connectivity index is 2.05. The van der Waals surface area contributed by atoms with E-state index in [2.05, 4.69) is 10.3 Å². The molecule has 150 valence electrons. The molecule has 1 heterocycles. The van der Waals surface area contributed by atoms with E-state index in [0.717, 1.165) is 6.26 Å². The van der Waals surface area contributed by atoms with Crippen molar-refractivity contribution in [3.05, 3.63) is 98.4 Å². The fourth-order valence-corrected chi connectivity index (χ4v) is 3.75. The molecule has 1 atom stereocenters. The van der Waals surface area contributed by atoms with E-state index in [0.29, 0.717) is 21.7 Å². The van der Waals surface area contributed by atoms with Gasteiger partial charge in [0.2, 0.25) is 5.56 Å². The van der Waals surface area contributed by atoms with Crippen molar-refractivity contribution in [3.8, 4) is 0 Å². The second-order valence-corrected chi connectivity index (χ2v) is 9.19. The average molecular weight is 431 g/mol. The van der Waals surface area contributed by atoms with Crippen LogP contribution in [0.5, 0.6) is 0 Å². The van der Waals surface area contributed by atoms with Gasteiger partial charge in [-0.25, -0.2) is 8.42 Å². The number of benzene rings is 2. The van der Waals surface area contributed by atoms with Gasteiger partial charge >= 0.3 is 0 Å². The number of rotatable bonds is 5. The Morgan fingerprint density at radius 2 is 1.72 bits per heavy atom. The maximum absolute atomic E-state index is 12.8. The third kappa shape index (κ3) is 5.13. The van der Waals surface area contributed by atoms with Crippen molar-refractivity contribution in [2.45, 2.75) is 17.9 Å². The van der Waals surface area contributed by atoms with Crippen LogP contribution in [0.2, 0.25) is 5.02 Å². The molecule has 2 N–H and O–H groups in total. The van der Waals surface area contributed by atoms with E-state index < -0.39 is 21.8 Å². The van der Waals surface area contributed by atoms with Crippen LogP contribution >= 0.6 is 11.6 Å². The number of H-pyrrole nitrogens is 1. The Morgan fingerprint density at radius 3 is 2.34 bits per heavy atom. The largest absolute Gasteiger partial charge is 0.340 e. The van der Waals surface area contributed by atoms with Gasteiger partial charge in [0.1, 0.15) is 5.69 Å². The molecule has 0 saturated heterocycles.